The minimum Gasteiger partial charge on any atom is -0.434 e. The molecule has 1 unspecified atom stereocenters. The van der Waals surface area contributed by atoms with Gasteiger partial charge in [-0.1, -0.05) is 18.2 Å². The van der Waals surface area contributed by atoms with Crippen molar-refractivity contribution in [3.63, 3.8) is 0 Å². The lowest BCUT2D eigenvalue weighted by molar-refractivity contribution is -0.123. The predicted molar refractivity (Wildman–Crippen MR) is 69.4 cm³/mol. The van der Waals surface area contributed by atoms with Crippen LogP contribution in [0.4, 0.5) is 8.78 Å². The van der Waals surface area contributed by atoms with E-state index in [0.29, 0.717) is 5.56 Å². The molecular formula is C13H18F2N2O3. The smallest absolute Gasteiger partial charge is 0.387 e. The number of rotatable bonds is 8. The molecule has 5 nitrogen and oxygen atoms in total. The Morgan fingerprint density at radius 1 is 1.40 bits per heavy atom. The van der Waals surface area contributed by atoms with Crippen molar-refractivity contribution in [1.82, 2.24) is 5.32 Å². The van der Waals surface area contributed by atoms with Gasteiger partial charge in [-0.25, -0.2) is 0 Å². The zero-order valence-electron chi connectivity index (χ0n) is 11.1. The molecule has 1 aromatic rings. The maximum absolute atomic E-state index is 12.2. The van der Waals surface area contributed by atoms with E-state index in [1.165, 1.54) is 13.2 Å². The molecular weight excluding hydrogens is 270 g/mol. The molecule has 0 fully saturated rings. The summed E-state index contributed by atoms with van der Waals surface area (Å²) in [6.07, 6.45) is -0.243. The highest BCUT2D eigenvalue weighted by Crippen LogP contribution is 2.19. The number of benzene rings is 1. The maximum Gasteiger partial charge on any atom is 0.387 e. The van der Waals surface area contributed by atoms with E-state index < -0.39 is 6.61 Å². The van der Waals surface area contributed by atoms with E-state index in [2.05, 4.69) is 10.1 Å². The predicted octanol–water partition coefficient (Wildman–Crippen LogP) is 1.27. The molecule has 0 saturated carbocycles. The van der Waals surface area contributed by atoms with Gasteiger partial charge in [-0.05, 0) is 6.07 Å². The molecule has 1 rings (SSSR count). The number of nitrogens with two attached hydrogens (primary N) is 1. The van der Waals surface area contributed by atoms with Crippen LogP contribution in [0.1, 0.15) is 12.0 Å². The van der Waals surface area contributed by atoms with Crippen molar-refractivity contribution in [3.05, 3.63) is 29.8 Å². The monoisotopic (exact) mass is 288 g/mol. The molecule has 0 aromatic heterocycles. The summed E-state index contributed by atoms with van der Waals surface area (Å²) in [6, 6.07) is 6.29. The summed E-state index contributed by atoms with van der Waals surface area (Å²) in [5.74, 6) is -0.223. The van der Waals surface area contributed by atoms with Crippen LogP contribution in [0.2, 0.25) is 0 Å². The van der Waals surface area contributed by atoms with Crippen LogP contribution in [0, 0.1) is 0 Å². The molecule has 0 saturated heterocycles. The van der Waals surface area contributed by atoms with Crippen molar-refractivity contribution in [2.45, 2.75) is 25.7 Å². The normalized spacial score (nSPS) is 12.2. The van der Waals surface area contributed by atoms with Gasteiger partial charge >= 0.3 is 6.61 Å². The van der Waals surface area contributed by atoms with Crippen molar-refractivity contribution >= 4 is 5.91 Å². The molecule has 0 heterocycles. The average molecular weight is 288 g/mol. The van der Waals surface area contributed by atoms with E-state index in [1.54, 1.807) is 18.2 Å². The molecule has 7 heteroatoms. The van der Waals surface area contributed by atoms with Crippen LogP contribution in [0.15, 0.2) is 24.3 Å². The number of ether oxygens (including phenoxy) is 2. The third kappa shape index (κ3) is 5.50. The highest BCUT2D eigenvalue weighted by atomic mass is 19.3. The van der Waals surface area contributed by atoms with Crippen LogP contribution in [-0.2, 0) is 16.1 Å². The number of methoxy groups -OCH3 is 1. The molecule has 0 radical (unpaired) electrons. The average Bonchev–Trinajstić information content (AvgIpc) is 2.43. The second kappa shape index (κ2) is 8.44. The standard InChI is InChI=1S/C13H18F2N2O3/c1-19-10(7-16)6-12(18)17-8-9-4-2-3-5-11(9)20-13(14)15/h2-5,10,13H,6-8,16H2,1H3,(H,17,18). The molecule has 112 valence electrons. The summed E-state index contributed by atoms with van der Waals surface area (Å²) < 4.78 is 33.8. The lowest BCUT2D eigenvalue weighted by atomic mass is 10.2. The molecule has 0 bridgehead atoms. The number of hydrogen-bond donors (Lipinski definition) is 2. The van der Waals surface area contributed by atoms with Gasteiger partial charge in [0.05, 0.1) is 12.5 Å². The number of amides is 1. The Labute approximate surface area is 116 Å². The Kier molecular flexibility index (Phi) is 6.89. The van der Waals surface area contributed by atoms with Crippen molar-refractivity contribution in [1.29, 1.82) is 0 Å². The molecule has 1 amide bonds. The number of nitrogens with one attached hydrogen (secondary N) is 1. The first-order valence-electron chi connectivity index (χ1n) is 6.09. The van der Waals surface area contributed by atoms with Crippen LogP contribution >= 0.6 is 0 Å². The fourth-order valence-corrected chi connectivity index (χ4v) is 1.60. The molecule has 3 N–H and O–H groups in total. The second-order valence-electron chi connectivity index (χ2n) is 4.06. The Morgan fingerprint density at radius 3 is 2.70 bits per heavy atom. The van der Waals surface area contributed by atoms with E-state index in [9.17, 15) is 13.6 Å². The summed E-state index contributed by atoms with van der Waals surface area (Å²) in [4.78, 5) is 11.6. The number of alkyl halides is 2. The Bertz CT molecular complexity index is 426. The lowest BCUT2D eigenvalue weighted by Crippen LogP contribution is -2.32. The minimum absolute atomic E-state index is 0.0462. The van der Waals surface area contributed by atoms with Gasteiger partial charge in [-0.2, -0.15) is 8.78 Å². The molecule has 1 aromatic carbocycles. The van der Waals surface area contributed by atoms with E-state index in [1.807, 2.05) is 0 Å². The van der Waals surface area contributed by atoms with E-state index >= 15 is 0 Å². The van der Waals surface area contributed by atoms with Gasteiger partial charge in [0.25, 0.3) is 0 Å². The fourth-order valence-electron chi connectivity index (χ4n) is 1.60. The van der Waals surface area contributed by atoms with Gasteiger partial charge in [0.1, 0.15) is 5.75 Å². The highest BCUT2D eigenvalue weighted by molar-refractivity contribution is 5.76. The van der Waals surface area contributed by atoms with E-state index in [-0.39, 0.29) is 37.3 Å². The summed E-state index contributed by atoms with van der Waals surface area (Å²) in [5.41, 5.74) is 5.88. The van der Waals surface area contributed by atoms with Crippen molar-refractivity contribution in [2.75, 3.05) is 13.7 Å². The van der Waals surface area contributed by atoms with Gasteiger partial charge in [-0.3, -0.25) is 4.79 Å². The van der Waals surface area contributed by atoms with Crippen LogP contribution in [0.5, 0.6) is 5.75 Å². The number of hydrogen-bond acceptors (Lipinski definition) is 4. The van der Waals surface area contributed by atoms with Gasteiger partial charge in [0.15, 0.2) is 0 Å². The molecule has 20 heavy (non-hydrogen) atoms. The molecule has 0 aliphatic rings. The SMILES string of the molecule is COC(CN)CC(=O)NCc1ccccc1OC(F)F. The van der Waals surface area contributed by atoms with Crippen LogP contribution < -0.4 is 15.8 Å². The zero-order chi connectivity index (χ0) is 15.0. The minimum atomic E-state index is -2.90. The van der Waals surface area contributed by atoms with Gasteiger partial charge < -0.3 is 20.5 Å². The summed E-state index contributed by atoms with van der Waals surface area (Å²) in [7, 11) is 1.47. The zero-order valence-corrected chi connectivity index (χ0v) is 11.1. The quantitative estimate of drug-likeness (QED) is 0.755. The topological polar surface area (TPSA) is 73.6 Å². The fraction of sp³-hybridized carbons (Fsp3) is 0.462. The van der Waals surface area contributed by atoms with Gasteiger partial charge in [-0.15, -0.1) is 0 Å². The van der Waals surface area contributed by atoms with Crippen LogP contribution in [-0.4, -0.2) is 32.3 Å². The summed E-state index contributed by atoms with van der Waals surface area (Å²) >= 11 is 0. The van der Waals surface area contributed by atoms with Crippen LogP contribution in [0.25, 0.3) is 0 Å². The molecule has 0 aliphatic heterocycles. The van der Waals surface area contributed by atoms with Crippen molar-refractivity contribution in [3.8, 4) is 5.75 Å². The van der Waals surface area contributed by atoms with Crippen molar-refractivity contribution < 1.29 is 23.0 Å². The largest absolute Gasteiger partial charge is 0.434 e. The second-order valence-corrected chi connectivity index (χ2v) is 4.06. The Morgan fingerprint density at radius 2 is 2.10 bits per heavy atom. The van der Waals surface area contributed by atoms with Gasteiger partial charge in [0.2, 0.25) is 5.91 Å². The van der Waals surface area contributed by atoms with E-state index in [0.717, 1.165) is 0 Å². The summed E-state index contributed by atoms with van der Waals surface area (Å²) in [6.45, 7) is -2.57. The summed E-state index contributed by atoms with van der Waals surface area (Å²) in [5, 5.41) is 2.61. The number of carbonyl (C=O) groups is 1. The van der Waals surface area contributed by atoms with E-state index in [4.69, 9.17) is 10.5 Å². The highest BCUT2D eigenvalue weighted by Gasteiger charge is 2.13. The Hall–Kier alpha value is -1.73. The maximum atomic E-state index is 12.2. The first-order valence-corrected chi connectivity index (χ1v) is 6.09. The number of para-hydroxylation sites is 1. The molecule has 1 atom stereocenters. The third-order valence-corrected chi connectivity index (χ3v) is 2.67. The first-order chi connectivity index (χ1) is 9.56. The third-order valence-electron chi connectivity index (χ3n) is 2.67. The Balaban J connectivity index is 2.54. The molecule has 0 spiro atoms. The lowest BCUT2D eigenvalue weighted by Gasteiger charge is -2.14. The first kappa shape index (κ1) is 16.3. The van der Waals surface area contributed by atoms with Crippen LogP contribution in [0.3, 0.4) is 0 Å². The van der Waals surface area contributed by atoms with Gasteiger partial charge in [0, 0.05) is 25.8 Å². The molecule has 0 aliphatic carbocycles. The number of carbonyl (C=O) groups excluding carboxylic acids is 1. The van der Waals surface area contributed by atoms with Crippen molar-refractivity contribution in [2.24, 2.45) is 5.73 Å². The number of halogens is 2.